The predicted molar refractivity (Wildman–Crippen MR) is 156 cm³/mol. The van der Waals surface area contributed by atoms with Gasteiger partial charge in [0.15, 0.2) is 17.9 Å². The van der Waals surface area contributed by atoms with Crippen molar-refractivity contribution in [3.8, 4) is 10.6 Å². The Balaban J connectivity index is 1.23. The summed E-state index contributed by atoms with van der Waals surface area (Å²) in [6, 6.07) is 13.5. The molecule has 10 heteroatoms. The van der Waals surface area contributed by atoms with Gasteiger partial charge in [-0.25, -0.2) is 9.97 Å². The van der Waals surface area contributed by atoms with Crippen LogP contribution in [-0.4, -0.2) is 37.8 Å². The highest BCUT2D eigenvalue weighted by molar-refractivity contribution is 7.17. The van der Waals surface area contributed by atoms with Crippen molar-refractivity contribution < 1.29 is 14.0 Å². The van der Waals surface area contributed by atoms with Crippen LogP contribution in [0.5, 0.6) is 0 Å². The number of nitrogens with one attached hydrogen (secondary N) is 2. The zero-order valence-electron chi connectivity index (χ0n) is 22.0. The van der Waals surface area contributed by atoms with Crippen LogP contribution in [-0.2, 0) is 17.8 Å². The molecule has 204 valence electrons. The Morgan fingerprint density at radius 3 is 2.75 bits per heavy atom. The standard InChI is InChI=1S/C30H30N6O3S/c37-25(21-6-2-1-3-7-21)17-33-22-8-9-24-23(15-22)34-30(36(24)14-12-20-5-4-13-31-16-20)35-29(38)28-11-10-27(40-28)26-18-32-19-39-26/h4-5,8-11,13,15-16,18-19,21,33H,1-3,6-7,12,14,17H2,(H,34,35,38). The van der Waals surface area contributed by atoms with E-state index in [-0.39, 0.29) is 17.6 Å². The van der Waals surface area contributed by atoms with Crippen molar-refractivity contribution in [2.24, 2.45) is 5.92 Å². The number of hydrogen-bond acceptors (Lipinski definition) is 8. The third-order valence-electron chi connectivity index (χ3n) is 7.35. The summed E-state index contributed by atoms with van der Waals surface area (Å²) in [6.07, 6.45) is 12.8. The number of hydrogen-bond donors (Lipinski definition) is 2. The van der Waals surface area contributed by atoms with Crippen LogP contribution in [0.4, 0.5) is 11.6 Å². The molecule has 0 radical (unpaired) electrons. The van der Waals surface area contributed by atoms with E-state index < -0.39 is 0 Å². The summed E-state index contributed by atoms with van der Waals surface area (Å²) in [5.41, 5.74) is 3.57. The van der Waals surface area contributed by atoms with Gasteiger partial charge in [-0.05, 0) is 61.2 Å². The Hall–Kier alpha value is -4.31. The Bertz CT molecular complexity index is 1600. The Morgan fingerprint density at radius 1 is 1.05 bits per heavy atom. The van der Waals surface area contributed by atoms with Gasteiger partial charge in [0.2, 0.25) is 5.95 Å². The van der Waals surface area contributed by atoms with Crippen molar-refractivity contribution in [2.75, 3.05) is 17.2 Å². The molecule has 1 aliphatic rings. The van der Waals surface area contributed by atoms with Gasteiger partial charge < -0.3 is 14.3 Å². The number of fused-ring (bicyclic) bond motifs is 1. The second kappa shape index (κ2) is 11.8. The van der Waals surface area contributed by atoms with Crippen LogP contribution in [0.3, 0.4) is 0 Å². The van der Waals surface area contributed by atoms with Crippen LogP contribution in [0.1, 0.15) is 47.3 Å². The lowest BCUT2D eigenvalue weighted by Crippen LogP contribution is -2.24. The van der Waals surface area contributed by atoms with Crippen LogP contribution in [0.2, 0.25) is 0 Å². The van der Waals surface area contributed by atoms with E-state index in [2.05, 4.69) is 20.6 Å². The Labute approximate surface area is 235 Å². The number of rotatable bonds is 10. The SMILES string of the molecule is O=C(Nc1nc2cc(NCC(=O)C3CCCCC3)ccc2n1CCc1cccnc1)c1ccc(-c2cnco2)s1. The fourth-order valence-corrected chi connectivity index (χ4v) is 6.05. The van der Waals surface area contributed by atoms with Gasteiger partial charge in [0.1, 0.15) is 0 Å². The molecular formula is C30H30N6O3S. The monoisotopic (exact) mass is 554 g/mol. The maximum atomic E-state index is 13.2. The van der Waals surface area contributed by atoms with E-state index in [1.54, 1.807) is 18.5 Å². The van der Waals surface area contributed by atoms with Gasteiger partial charge in [-0.2, -0.15) is 0 Å². The van der Waals surface area contributed by atoms with Crippen molar-refractivity contribution >= 4 is 45.7 Å². The highest BCUT2D eigenvalue weighted by atomic mass is 32.1. The van der Waals surface area contributed by atoms with Gasteiger partial charge in [-0.15, -0.1) is 11.3 Å². The topological polar surface area (TPSA) is 115 Å². The second-order valence-electron chi connectivity index (χ2n) is 10.0. The molecule has 5 aromatic rings. The molecule has 1 fully saturated rings. The Morgan fingerprint density at radius 2 is 1.95 bits per heavy atom. The van der Waals surface area contributed by atoms with Crippen LogP contribution < -0.4 is 10.6 Å². The van der Waals surface area contributed by atoms with E-state index in [1.165, 1.54) is 24.2 Å². The average Bonchev–Trinajstić information content (AvgIpc) is 3.76. The molecule has 1 amide bonds. The van der Waals surface area contributed by atoms with Crippen molar-refractivity contribution in [1.29, 1.82) is 0 Å². The molecule has 0 spiro atoms. The number of aryl methyl sites for hydroxylation is 2. The largest absolute Gasteiger partial charge is 0.443 e. The van der Waals surface area contributed by atoms with Gasteiger partial charge >= 0.3 is 0 Å². The fourth-order valence-electron chi connectivity index (χ4n) is 5.20. The summed E-state index contributed by atoms with van der Waals surface area (Å²) in [4.78, 5) is 40.3. The Kier molecular flexibility index (Phi) is 7.67. The van der Waals surface area contributed by atoms with Crippen molar-refractivity contribution in [3.05, 3.63) is 77.9 Å². The summed E-state index contributed by atoms with van der Waals surface area (Å²) in [5, 5.41) is 6.31. The van der Waals surface area contributed by atoms with Crippen molar-refractivity contribution in [3.63, 3.8) is 0 Å². The minimum absolute atomic E-state index is 0.167. The van der Waals surface area contributed by atoms with E-state index in [0.717, 1.165) is 59.3 Å². The number of nitrogens with zero attached hydrogens (tertiary/aromatic N) is 4. The first kappa shape index (κ1) is 25.9. The molecule has 0 unspecified atom stereocenters. The predicted octanol–water partition coefficient (Wildman–Crippen LogP) is 6.20. The van der Waals surface area contributed by atoms with Crippen LogP contribution in [0.25, 0.3) is 21.7 Å². The summed E-state index contributed by atoms with van der Waals surface area (Å²) >= 11 is 1.33. The van der Waals surface area contributed by atoms with Crippen LogP contribution >= 0.6 is 11.3 Å². The molecule has 0 atom stereocenters. The molecule has 0 bridgehead atoms. The van der Waals surface area contributed by atoms with Gasteiger partial charge in [0.05, 0.1) is 33.5 Å². The first-order chi connectivity index (χ1) is 19.6. The van der Waals surface area contributed by atoms with E-state index in [4.69, 9.17) is 9.40 Å². The van der Waals surface area contributed by atoms with Gasteiger partial charge in [0.25, 0.3) is 5.91 Å². The second-order valence-corrected chi connectivity index (χ2v) is 11.1. The number of thiophene rings is 1. The van der Waals surface area contributed by atoms with Gasteiger partial charge in [-0.3, -0.25) is 19.9 Å². The number of amides is 1. The minimum atomic E-state index is -0.245. The van der Waals surface area contributed by atoms with E-state index in [9.17, 15) is 9.59 Å². The smallest absolute Gasteiger partial charge is 0.268 e. The molecule has 0 saturated heterocycles. The first-order valence-electron chi connectivity index (χ1n) is 13.6. The lowest BCUT2D eigenvalue weighted by atomic mass is 9.86. The third-order valence-corrected chi connectivity index (χ3v) is 8.45. The number of carbonyl (C=O) groups excluding carboxylic acids is 2. The summed E-state index contributed by atoms with van der Waals surface area (Å²) in [5.74, 6) is 1.28. The lowest BCUT2D eigenvalue weighted by molar-refractivity contribution is -0.122. The number of benzene rings is 1. The molecular weight excluding hydrogens is 524 g/mol. The molecule has 1 saturated carbocycles. The minimum Gasteiger partial charge on any atom is -0.443 e. The number of Topliss-reactive ketones (excluding diaryl/α,β-unsaturated/α-hetero) is 1. The number of pyridine rings is 1. The lowest BCUT2D eigenvalue weighted by Gasteiger charge is -2.20. The van der Waals surface area contributed by atoms with E-state index in [0.29, 0.717) is 29.7 Å². The molecule has 4 aromatic heterocycles. The third kappa shape index (κ3) is 5.81. The molecule has 40 heavy (non-hydrogen) atoms. The molecule has 1 aliphatic carbocycles. The average molecular weight is 555 g/mol. The first-order valence-corrected chi connectivity index (χ1v) is 14.4. The van der Waals surface area contributed by atoms with Crippen LogP contribution in [0, 0.1) is 5.92 Å². The van der Waals surface area contributed by atoms with E-state index in [1.807, 2.05) is 47.2 Å². The highest BCUT2D eigenvalue weighted by Crippen LogP contribution is 2.30. The molecule has 0 aliphatic heterocycles. The molecule has 9 nitrogen and oxygen atoms in total. The number of imidazole rings is 1. The number of carbonyl (C=O) groups is 2. The molecule has 6 rings (SSSR count). The normalized spacial score (nSPS) is 13.9. The zero-order chi connectivity index (χ0) is 27.3. The fraction of sp³-hybridized carbons (Fsp3) is 0.300. The van der Waals surface area contributed by atoms with Crippen LogP contribution in [0.15, 0.2) is 71.9 Å². The number of anilines is 2. The van der Waals surface area contributed by atoms with Crippen molar-refractivity contribution in [2.45, 2.75) is 45.1 Å². The zero-order valence-corrected chi connectivity index (χ0v) is 22.8. The summed E-state index contributed by atoms with van der Waals surface area (Å²) in [7, 11) is 0. The van der Waals surface area contributed by atoms with Gasteiger partial charge in [0, 0.05) is 30.5 Å². The summed E-state index contributed by atoms with van der Waals surface area (Å²) < 4.78 is 7.38. The van der Waals surface area contributed by atoms with Gasteiger partial charge in [-0.1, -0.05) is 25.3 Å². The quantitative estimate of drug-likeness (QED) is 0.211. The number of ketones is 1. The molecule has 4 heterocycles. The van der Waals surface area contributed by atoms with E-state index >= 15 is 0 Å². The number of aromatic nitrogens is 4. The molecule has 1 aromatic carbocycles. The summed E-state index contributed by atoms with van der Waals surface area (Å²) in [6.45, 7) is 0.923. The maximum absolute atomic E-state index is 13.2. The number of oxazole rings is 1. The maximum Gasteiger partial charge on any atom is 0.268 e. The van der Waals surface area contributed by atoms with Crippen molar-refractivity contribution in [1.82, 2.24) is 19.5 Å². The highest BCUT2D eigenvalue weighted by Gasteiger charge is 2.21. The molecule has 2 N–H and O–H groups in total.